The summed E-state index contributed by atoms with van der Waals surface area (Å²) in [6, 6.07) is 3.83. The van der Waals surface area contributed by atoms with Gasteiger partial charge in [-0.2, -0.15) is 0 Å². The van der Waals surface area contributed by atoms with Crippen LogP contribution in [0.15, 0.2) is 23.8 Å². The molecule has 1 aromatic carbocycles. The van der Waals surface area contributed by atoms with Crippen molar-refractivity contribution in [3.8, 4) is 11.5 Å². The van der Waals surface area contributed by atoms with Crippen molar-refractivity contribution in [1.82, 2.24) is 4.90 Å². The molecule has 1 aliphatic carbocycles. The summed E-state index contributed by atoms with van der Waals surface area (Å²) < 4.78 is 10.9. The number of hydrogen-bond donors (Lipinski definition) is 3. The highest BCUT2D eigenvalue weighted by atomic mass is 16.7. The number of fused-ring (bicyclic) bond motifs is 3. The van der Waals surface area contributed by atoms with E-state index in [0.717, 1.165) is 35.5 Å². The van der Waals surface area contributed by atoms with Crippen molar-refractivity contribution in [1.29, 1.82) is 0 Å². The van der Waals surface area contributed by atoms with E-state index in [1.54, 1.807) is 0 Å². The summed E-state index contributed by atoms with van der Waals surface area (Å²) in [4.78, 5) is 2.23. The molecule has 0 radical (unpaired) electrons. The first kappa shape index (κ1) is 12.9. The molecule has 5 rings (SSSR count). The number of rotatable bonds is 0. The number of benzene rings is 1. The standard InChI is InChI=1S/C16H17NO5/c18-14-8-1-2-17-5-7-3-10-11(22-6-21-10)4-9(7)12(13(8)17)15(19)16(14)20/h1,3-4,12-16,18-20H,2,5-6H2. The lowest BCUT2D eigenvalue weighted by Crippen LogP contribution is -2.57. The van der Waals surface area contributed by atoms with Crippen LogP contribution in [-0.2, 0) is 6.54 Å². The number of aliphatic hydroxyl groups excluding tert-OH is 3. The molecule has 3 N–H and O–H groups in total. The lowest BCUT2D eigenvalue weighted by molar-refractivity contribution is -0.0903. The maximum absolute atomic E-state index is 10.6. The van der Waals surface area contributed by atoms with E-state index in [1.807, 2.05) is 18.2 Å². The van der Waals surface area contributed by atoms with Crippen molar-refractivity contribution in [3.05, 3.63) is 34.9 Å². The third-order valence-corrected chi connectivity index (χ3v) is 5.39. The van der Waals surface area contributed by atoms with Crippen molar-refractivity contribution in [2.45, 2.75) is 36.8 Å². The SMILES string of the molecule is OC1C2=CCN3Cc4cc5c(cc4C(C(O)C1O)C23)OCO5. The normalized spacial score (nSPS) is 38.5. The fourth-order valence-corrected chi connectivity index (χ4v) is 4.36. The Balaban J connectivity index is 1.68. The Morgan fingerprint density at radius 3 is 2.64 bits per heavy atom. The van der Waals surface area contributed by atoms with E-state index in [9.17, 15) is 15.3 Å². The van der Waals surface area contributed by atoms with Crippen molar-refractivity contribution >= 4 is 0 Å². The summed E-state index contributed by atoms with van der Waals surface area (Å²) in [6.45, 7) is 1.68. The highest BCUT2D eigenvalue weighted by molar-refractivity contribution is 5.53. The zero-order valence-corrected chi connectivity index (χ0v) is 11.8. The molecule has 5 atom stereocenters. The molecule has 0 aromatic heterocycles. The minimum atomic E-state index is -1.16. The lowest BCUT2D eigenvalue weighted by Gasteiger charge is -2.48. The van der Waals surface area contributed by atoms with Crippen molar-refractivity contribution < 1.29 is 24.8 Å². The first-order chi connectivity index (χ1) is 10.6. The van der Waals surface area contributed by atoms with Crippen LogP contribution < -0.4 is 9.47 Å². The van der Waals surface area contributed by atoms with Gasteiger partial charge in [-0.15, -0.1) is 0 Å². The molecule has 0 spiro atoms. The molecule has 0 bridgehead atoms. The van der Waals surface area contributed by atoms with Crippen LogP contribution in [0.25, 0.3) is 0 Å². The van der Waals surface area contributed by atoms with Gasteiger partial charge in [-0.3, -0.25) is 4.90 Å². The van der Waals surface area contributed by atoms with Gasteiger partial charge < -0.3 is 24.8 Å². The monoisotopic (exact) mass is 303 g/mol. The molecule has 1 saturated carbocycles. The third kappa shape index (κ3) is 1.48. The Hall–Kier alpha value is -1.60. The fourth-order valence-electron chi connectivity index (χ4n) is 4.36. The molecule has 0 saturated heterocycles. The van der Waals surface area contributed by atoms with Gasteiger partial charge in [0.2, 0.25) is 6.79 Å². The number of ether oxygens (including phenoxy) is 2. The fraction of sp³-hybridized carbons (Fsp3) is 0.500. The van der Waals surface area contributed by atoms with Gasteiger partial charge in [0.05, 0.1) is 6.10 Å². The minimum Gasteiger partial charge on any atom is -0.454 e. The van der Waals surface area contributed by atoms with E-state index in [4.69, 9.17) is 9.47 Å². The minimum absolute atomic E-state index is 0.0544. The molecule has 4 aliphatic rings. The van der Waals surface area contributed by atoms with E-state index in [-0.39, 0.29) is 18.8 Å². The predicted octanol–water partition coefficient (Wildman–Crippen LogP) is -0.281. The molecule has 3 aliphatic heterocycles. The average Bonchev–Trinajstić information content (AvgIpc) is 3.13. The second kappa shape index (κ2) is 4.23. The summed E-state index contributed by atoms with van der Waals surface area (Å²) in [5.74, 6) is 1.16. The van der Waals surface area contributed by atoms with Crippen LogP contribution in [0.3, 0.4) is 0 Å². The summed E-state index contributed by atoms with van der Waals surface area (Å²) in [5, 5.41) is 31.0. The molecule has 1 fully saturated rings. The molecule has 5 unspecified atom stereocenters. The summed E-state index contributed by atoms with van der Waals surface area (Å²) in [7, 11) is 0. The molecule has 22 heavy (non-hydrogen) atoms. The second-order valence-corrected chi connectivity index (χ2v) is 6.43. The van der Waals surface area contributed by atoms with Gasteiger partial charge in [0.1, 0.15) is 12.2 Å². The van der Waals surface area contributed by atoms with Crippen LogP contribution in [0.1, 0.15) is 17.0 Å². The maximum atomic E-state index is 10.6. The molecular formula is C16H17NO5. The molecule has 1 aromatic rings. The highest BCUT2D eigenvalue weighted by Gasteiger charge is 2.53. The van der Waals surface area contributed by atoms with Crippen molar-refractivity contribution in [2.75, 3.05) is 13.3 Å². The van der Waals surface area contributed by atoms with E-state index in [0.29, 0.717) is 5.75 Å². The predicted molar refractivity (Wildman–Crippen MR) is 75.6 cm³/mol. The van der Waals surface area contributed by atoms with E-state index in [1.165, 1.54) is 0 Å². The number of hydrogen-bond acceptors (Lipinski definition) is 6. The Morgan fingerprint density at radius 1 is 1.05 bits per heavy atom. The van der Waals surface area contributed by atoms with E-state index >= 15 is 0 Å². The highest BCUT2D eigenvalue weighted by Crippen LogP contribution is 2.49. The van der Waals surface area contributed by atoms with Crippen molar-refractivity contribution in [3.63, 3.8) is 0 Å². The third-order valence-electron chi connectivity index (χ3n) is 5.39. The molecule has 6 heteroatoms. The molecule has 3 heterocycles. The van der Waals surface area contributed by atoms with Gasteiger partial charge in [-0.05, 0) is 28.8 Å². The van der Waals surface area contributed by atoms with Crippen molar-refractivity contribution in [2.24, 2.45) is 0 Å². The van der Waals surface area contributed by atoms with Crippen LogP contribution in [0, 0.1) is 0 Å². The number of nitrogens with zero attached hydrogens (tertiary/aromatic N) is 1. The molecule has 116 valence electrons. The van der Waals surface area contributed by atoms with Gasteiger partial charge in [0.15, 0.2) is 11.5 Å². The smallest absolute Gasteiger partial charge is 0.231 e. The van der Waals surface area contributed by atoms with Gasteiger partial charge >= 0.3 is 0 Å². The maximum Gasteiger partial charge on any atom is 0.231 e. The topological polar surface area (TPSA) is 82.4 Å². The lowest BCUT2D eigenvalue weighted by atomic mass is 9.70. The summed E-state index contributed by atoms with van der Waals surface area (Å²) >= 11 is 0. The van der Waals surface area contributed by atoms with Gasteiger partial charge in [0, 0.05) is 25.0 Å². The van der Waals surface area contributed by atoms with Crippen LogP contribution in [-0.4, -0.2) is 57.9 Å². The Bertz CT molecular complexity index is 687. The van der Waals surface area contributed by atoms with E-state index < -0.39 is 18.3 Å². The number of aliphatic hydroxyl groups is 3. The quantitative estimate of drug-likeness (QED) is 0.572. The van der Waals surface area contributed by atoms with E-state index in [2.05, 4.69) is 4.90 Å². The zero-order chi connectivity index (χ0) is 15.0. The first-order valence-electron chi connectivity index (χ1n) is 7.56. The first-order valence-corrected chi connectivity index (χ1v) is 7.56. The zero-order valence-electron chi connectivity index (χ0n) is 11.8. The van der Waals surface area contributed by atoms with Gasteiger partial charge in [-0.25, -0.2) is 0 Å². The second-order valence-electron chi connectivity index (χ2n) is 6.43. The van der Waals surface area contributed by atoms with Crippen LogP contribution in [0.5, 0.6) is 11.5 Å². The average molecular weight is 303 g/mol. The summed E-state index contributed by atoms with van der Waals surface area (Å²) in [6.07, 6.45) is -1.18. The largest absolute Gasteiger partial charge is 0.454 e. The summed E-state index contributed by atoms with van der Waals surface area (Å²) in [5.41, 5.74) is 2.89. The molecule has 6 nitrogen and oxygen atoms in total. The molecule has 0 amide bonds. The van der Waals surface area contributed by atoms with Crippen LogP contribution in [0.4, 0.5) is 0 Å². The van der Waals surface area contributed by atoms with Gasteiger partial charge in [0.25, 0.3) is 0 Å². The molecular weight excluding hydrogens is 286 g/mol. The van der Waals surface area contributed by atoms with Crippen LogP contribution >= 0.6 is 0 Å². The van der Waals surface area contributed by atoms with Gasteiger partial charge in [-0.1, -0.05) is 6.08 Å². The van der Waals surface area contributed by atoms with Crippen LogP contribution in [0.2, 0.25) is 0 Å². The Kier molecular flexibility index (Phi) is 2.48. The Morgan fingerprint density at radius 2 is 1.82 bits per heavy atom. The Labute approximate surface area is 127 Å².